The van der Waals surface area contributed by atoms with Crippen molar-refractivity contribution in [3.8, 4) is 0 Å². The number of rotatable bonds is 4. The quantitative estimate of drug-likeness (QED) is 0.861. The minimum atomic E-state index is 0.360. The van der Waals surface area contributed by atoms with Gasteiger partial charge in [-0.25, -0.2) is 0 Å². The van der Waals surface area contributed by atoms with Crippen molar-refractivity contribution in [1.29, 1.82) is 0 Å². The molecule has 1 aromatic carbocycles. The summed E-state index contributed by atoms with van der Waals surface area (Å²) in [6.45, 7) is 4.43. The summed E-state index contributed by atoms with van der Waals surface area (Å²) < 4.78 is 6.17. The second-order valence-electron chi connectivity index (χ2n) is 6.26. The summed E-state index contributed by atoms with van der Waals surface area (Å²) in [7, 11) is 2.06. The van der Waals surface area contributed by atoms with Crippen molar-refractivity contribution in [2.75, 3.05) is 7.05 Å². The molecule has 3 rings (SSSR count). The van der Waals surface area contributed by atoms with E-state index >= 15 is 0 Å². The molecule has 3 atom stereocenters. The number of benzene rings is 1. The SMILES string of the molecule is CCC1CCC(C(NC)c2cc3cccc(C)c3o2)C1. The van der Waals surface area contributed by atoms with Gasteiger partial charge in [-0.2, -0.15) is 0 Å². The van der Waals surface area contributed by atoms with Gasteiger partial charge in [-0.15, -0.1) is 0 Å². The summed E-state index contributed by atoms with van der Waals surface area (Å²) in [4.78, 5) is 0. The third kappa shape index (κ3) is 2.37. The zero-order chi connectivity index (χ0) is 14.1. The molecule has 0 radical (unpaired) electrons. The average Bonchev–Trinajstić information content (AvgIpc) is 3.07. The van der Waals surface area contributed by atoms with Gasteiger partial charge in [0.1, 0.15) is 11.3 Å². The molecule has 2 heteroatoms. The van der Waals surface area contributed by atoms with Gasteiger partial charge in [0.05, 0.1) is 6.04 Å². The molecule has 1 aliphatic rings. The molecule has 0 saturated heterocycles. The van der Waals surface area contributed by atoms with Gasteiger partial charge in [0.2, 0.25) is 0 Å². The summed E-state index contributed by atoms with van der Waals surface area (Å²) in [6.07, 6.45) is 5.34. The van der Waals surface area contributed by atoms with Crippen LogP contribution in [-0.4, -0.2) is 7.05 Å². The van der Waals surface area contributed by atoms with Crippen LogP contribution in [0.15, 0.2) is 28.7 Å². The minimum absolute atomic E-state index is 0.360. The maximum Gasteiger partial charge on any atom is 0.137 e. The van der Waals surface area contributed by atoms with E-state index in [1.165, 1.54) is 36.6 Å². The lowest BCUT2D eigenvalue weighted by atomic mass is 9.94. The zero-order valence-corrected chi connectivity index (χ0v) is 12.8. The predicted molar refractivity (Wildman–Crippen MR) is 83.9 cm³/mol. The van der Waals surface area contributed by atoms with Gasteiger partial charge >= 0.3 is 0 Å². The Bertz CT molecular complexity index is 586. The Morgan fingerprint density at radius 1 is 1.35 bits per heavy atom. The number of fused-ring (bicyclic) bond motifs is 1. The molecule has 108 valence electrons. The Morgan fingerprint density at radius 3 is 2.85 bits per heavy atom. The summed E-state index contributed by atoms with van der Waals surface area (Å²) in [5, 5.41) is 4.72. The first-order valence-electron chi connectivity index (χ1n) is 7.89. The van der Waals surface area contributed by atoms with Gasteiger partial charge < -0.3 is 9.73 Å². The normalized spacial score (nSPS) is 24.4. The van der Waals surface area contributed by atoms with Gasteiger partial charge in [0.25, 0.3) is 0 Å². The Hall–Kier alpha value is -1.28. The first kappa shape index (κ1) is 13.7. The van der Waals surface area contributed by atoms with Crippen molar-refractivity contribution in [2.24, 2.45) is 11.8 Å². The van der Waals surface area contributed by atoms with Crippen LogP contribution < -0.4 is 5.32 Å². The third-order valence-electron chi connectivity index (χ3n) is 5.01. The number of hydrogen-bond donors (Lipinski definition) is 1. The first-order valence-corrected chi connectivity index (χ1v) is 7.89. The summed E-state index contributed by atoms with van der Waals surface area (Å²) >= 11 is 0. The van der Waals surface area contributed by atoms with E-state index in [0.717, 1.165) is 17.3 Å². The molecule has 1 N–H and O–H groups in total. The first-order chi connectivity index (χ1) is 9.72. The lowest BCUT2D eigenvalue weighted by molar-refractivity contribution is 0.326. The van der Waals surface area contributed by atoms with Gasteiger partial charge in [-0.05, 0) is 50.3 Å². The lowest BCUT2D eigenvalue weighted by Gasteiger charge is -2.21. The van der Waals surface area contributed by atoms with E-state index in [1.54, 1.807) is 0 Å². The average molecular weight is 271 g/mol. The van der Waals surface area contributed by atoms with E-state index in [1.807, 2.05) is 0 Å². The standard InChI is InChI=1S/C18H25NO/c1-4-13-8-9-14(10-13)17(19-3)16-11-15-7-5-6-12(2)18(15)20-16/h5-7,11,13-14,17,19H,4,8-10H2,1-3H3. The summed E-state index contributed by atoms with van der Waals surface area (Å²) in [5.74, 6) is 2.73. The number of hydrogen-bond acceptors (Lipinski definition) is 2. The molecule has 3 unspecified atom stereocenters. The molecule has 0 spiro atoms. The van der Waals surface area contributed by atoms with Crippen LogP contribution in [-0.2, 0) is 0 Å². The monoisotopic (exact) mass is 271 g/mol. The topological polar surface area (TPSA) is 25.2 Å². The van der Waals surface area contributed by atoms with Crippen molar-refractivity contribution >= 4 is 11.0 Å². The van der Waals surface area contributed by atoms with E-state index in [4.69, 9.17) is 4.42 Å². The van der Waals surface area contributed by atoms with Crippen molar-refractivity contribution in [3.63, 3.8) is 0 Å². The highest BCUT2D eigenvalue weighted by molar-refractivity contribution is 5.81. The molecule has 0 amide bonds. The Balaban J connectivity index is 1.89. The molecule has 1 fully saturated rings. The van der Waals surface area contributed by atoms with Crippen LogP contribution in [0, 0.1) is 18.8 Å². The molecule has 2 aromatic rings. The van der Waals surface area contributed by atoms with Crippen molar-refractivity contribution in [3.05, 3.63) is 35.6 Å². The van der Waals surface area contributed by atoms with Crippen molar-refractivity contribution in [1.82, 2.24) is 5.32 Å². The lowest BCUT2D eigenvalue weighted by Crippen LogP contribution is -2.23. The van der Waals surface area contributed by atoms with E-state index < -0.39 is 0 Å². The smallest absolute Gasteiger partial charge is 0.137 e. The highest BCUT2D eigenvalue weighted by Gasteiger charge is 2.32. The van der Waals surface area contributed by atoms with Crippen molar-refractivity contribution in [2.45, 2.75) is 45.6 Å². The molecule has 1 saturated carbocycles. The largest absolute Gasteiger partial charge is 0.459 e. The van der Waals surface area contributed by atoms with Gasteiger partial charge in [-0.1, -0.05) is 38.0 Å². The molecule has 0 aliphatic heterocycles. The minimum Gasteiger partial charge on any atom is -0.459 e. The number of aryl methyl sites for hydroxylation is 1. The summed E-state index contributed by atoms with van der Waals surface area (Å²) in [6, 6.07) is 8.95. The van der Waals surface area contributed by atoms with E-state index in [0.29, 0.717) is 12.0 Å². The Kier molecular flexibility index (Phi) is 3.84. The highest BCUT2D eigenvalue weighted by Crippen LogP contribution is 2.41. The fourth-order valence-corrected chi connectivity index (χ4v) is 3.78. The molecule has 20 heavy (non-hydrogen) atoms. The molecule has 2 nitrogen and oxygen atoms in total. The van der Waals surface area contributed by atoms with Crippen LogP contribution >= 0.6 is 0 Å². The van der Waals surface area contributed by atoms with E-state index in [2.05, 4.69) is 50.5 Å². The molecular weight excluding hydrogens is 246 g/mol. The molecule has 1 aliphatic carbocycles. The van der Waals surface area contributed by atoms with Crippen LogP contribution in [0.1, 0.15) is 50.0 Å². The second kappa shape index (κ2) is 5.61. The molecule has 1 heterocycles. The Morgan fingerprint density at radius 2 is 2.20 bits per heavy atom. The second-order valence-corrected chi connectivity index (χ2v) is 6.26. The van der Waals surface area contributed by atoms with Crippen molar-refractivity contribution < 1.29 is 4.42 Å². The van der Waals surface area contributed by atoms with Crippen LogP contribution in [0.3, 0.4) is 0 Å². The van der Waals surface area contributed by atoms with Gasteiger partial charge in [0.15, 0.2) is 0 Å². The zero-order valence-electron chi connectivity index (χ0n) is 12.8. The highest BCUT2D eigenvalue weighted by atomic mass is 16.3. The third-order valence-corrected chi connectivity index (χ3v) is 5.01. The van der Waals surface area contributed by atoms with Crippen LogP contribution in [0.5, 0.6) is 0 Å². The van der Waals surface area contributed by atoms with Crippen LogP contribution in [0.25, 0.3) is 11.0 Å². The number of nitrogens with one attached hydrogen (secondary N) is 1. The Labute approximate surface area is 121 Å². The molecule has 1 aromatic heterocycles. The fourth-order valence-electron chi connectivity index (χ4n) is 3.78. The van der Waals surface area contributed by atoms with Gasteiger partial charge in [0, 0.05) is 5.39 Å². The van der Waals surface area contributed by atoms with Crippen LogP contribution in [0.2, 0.25) is 0 Å². The molecule has 0 bridgehead atoms. The fraction of sp³-hybridized carbons (Fsp3) is 0.556. The predicted octanol–water partition coefficient (Wildman–Crippen LogP) is 4.83. The number of furan rings is 1. The van der Waals surface area contributed by atoms with E-state index in [9.17, 15) is 0 Å². The molecular formula is C18H25NO. The maximum atomic E-state index is 6.17. The summed E-state index contributed by atoms with van der Waals surface area (Å²) in [5.41, 5.74) is 2.27. The van der Waals surface area contributed by atoms with Gasteiger partial charge in [-0.3, -0.25) is 0 Å². The number of para-hydroxylation sites is 1. The maximum absolute atomic E-state index is 6.17. The van der Waals surface area contributed by atoms with E-state index in [-0.39, 0.29) is 0 Å². The van der Waals surface area contributed by atoms with Crippen LogP contribution in [0.4, 0.5) is 0 Å².